The predicted octanol–water partition coefficient (Wildman–Crippen LogP) is 5.49. The number of halogens is 1. The number of hydrogen-bond donors (Lipinski definition) is 1. The van der Waals surface area contributed by atoms with E-state index in [1.54, 1.807) is 11.3 Å². The predicted molar refractivity (Wildman–Crippen MR) is 92.6 cm³/mol. The third-order valence-corrected chi connectivity index (χ3v) is 5.21. The van der Waals surface area contributed by atoms with Crippen molar-refractivity contribution in [2.75, 3.05) is 6.54 Å². The van der Waals surface area contributed by atoms with Gasteiger partial charge in [-0.05, 0) is 65.2 Å². The van der Waals surface area contributed by atoms with E-state index in [0.717, 1.165) is 19.4 Å². The molecule has 3 heteroatoms. The van der Waals surface area contributed by atoms with Gasteiger partial charge in [0, 0.05) is 15.9 Å². The molecule has 20 heavy (non-hydrogen) atoms. The van der Waals surface area contributed by atoms with Crippen molar-refractivity contribution in [2.45, 2.75) is 39.2 Å². The summed E-state index contributed by atoms with van der Waals surface area (Å²) in [5, 5.41) is 8.10. The van der Waals surface area contributed by atoms with E-state index in [0.29, 0.717) is 6.04 Å². The number of hydrogen-bond acceptors (Lipinski definition) is 2. The average Bonchev–Trinajstić information content (AvgIpc) is 2.85. The summed E-state index contributed by atoms with van der Waals surface area (Å²) in [6, 6.07) is 9.27. The number of aryl methyl sites for hydroxylation is 2. The van der Waals surface area contributed by atoms with Crippen molar-refractivity contribution in [1.82, 2.24) is 5.32 Å². The van der Waals surface area contributed by atoms with Gasteiger partial charge in [0.1, 0.15) is 0 Å². The van der Waals surface area contributed by atoms with Crippen molar-refractivity contribution in [3.05, 3.63) is 56.2 Å². The van der Waals surface area contributed by atoms with Gasteiger partial charge in [-0.2, -0.15) is 11.3 Å². The van der Waals surface area contributed by atoms with Gasteiger partial charge in [-0.3, -0.25) is 0 Å². The van der Waals surface area contributed by atoms with Crippen LogP contribution in [0.5, 0.6) is 0 Å². The molecule has 0 radical (unpaired) electrons. The zero-order chi connectivity index (χ0) is 14.4. The molecule has 2 rings (SSSR count). The van der Waals surface area contributed by atoms with Crippen molar-refractivity contribution < 1.29 is 0 Å². The number of nitrogens with one attached hydrogen (secondary N) is 1. The molecule has 1 heterocycles. The van der Waals surface area contributed by atoms with E-state index in [9.17, 15) is 0 Å². The van der Waals surface area contributed by atoms with Crippen LogP contribution < -0.4 is 5.32 Å². The smallest absolute Gasteiger partial charge is 0.0342 e. The lowest BCUT2D eigenvalue weighted by atomic mass is 10.00. The highest BCUT2D eigenvalue weighted by molar-refractivity contribution is 9.10. The fourth-order valence-electron chi connectivity index (χ4n) is 2.40. The van der Waals surface area contributed by atoms with E-state index in [-0.39, 0.29) is 0 Å². The van der Waals surface area contributed by atoms with Crippen LogP contribution in [-0.4, -0.2) is 6.54 Å². The van der Waals surface area contributed by atoms with Gasteiger partial charge >= 0.3 is 0 Å². The molecule has 1 N–H and O–H groups in total. The molecule has 1 unspecified atom stereocenters. The van der Waals surface area contributed by atoms with E-state index >= 15 is 0 Å². The van der Waals surface area contributed by atoms with E-state index < -0.39 is 0 Å². The van der Waals surface area contributed by atoms with Gasteiger partial charge in [0.15, 0.2) is 0 Å². The van der Waals surface area contributed by atoms with E-state index in [1.165, 1.54) is 27.6 Å². The number of rotatable bonds is 7. The summed E-state index contributed by atoms with van der Waals surface area (Å²) in [5.41, 5.74) is 4.17. The highest BCUT2D eigenvalue weighted by atomic mass is 79.9. The Balaban J connectivity index is 2.03. The zero-order valence-corrected chi connectivity index (χ0v) is 14.6. The molecule has 0 amide bonds. The Kier molecular flexibility index (Phi) is 6.27. The molecule has 0 aliphatic carbocycles. The standard InChI is InChI=1S/C17H22BrNS/c1-3-9-19-17(15-11-20-12-16(15)18)8-7-14-6-4-5-13(2)10-14/h4-6,10-12,17,19H,3,7-9H2,1-2H3. The second kappa shape index (κ2) is 7.96. The first-order valence-corrected chi connectivity index (χ1v) is 8.94. The quantitative estimate of drug-likeness (QED) is 0.694. The van der Waals surface area contributed by atoms with Crippen molar-refractivity contribution >= 4 is 27.3 Å². The van der Waals surface area contributed by atoms with Gasteiger partial charge in [0.25, 0.3) is 0 Å². The summed E-state index contributed by atoms with van der Waals surface area (Å²) in [6.07, 6.45) is 3.42. The van der Waals surface area contributed by atoms with Crippen LogP contribution in [0.2, 0.25) is 0 Å². The molecule has 0 saturated carbocycles. The monoisotopic (exact) mass is 351 g/mol. The van der Waals surface area contributed by atoms with Crippen LogP contribution in [0, 0.1) is 6.92 Å². The minimum absolute atomic E-state index is 0.441. The van der Waals surface area contributed by atoms with Gasteiger partial charge < -0.3 is 5.32 Å². The average molecular weight is 352 g/mol. The Labute approximate surface area is 134 Å². The lowest BCUT2D eigenvalue weighted by Crippen LogP contribution is -2.22. The molecule has 108 valence electrons. The molecule has 1 atom stereocenters. The minimum Gasteiger partial charge on any atom is -0.310 e. The molecule has 1 aromatic heterocycles. The van der Waals surface area contributed by atoms with Crippen LogP contribution in [0.4, 0.5) is 0 Å². The molecule has 0 bridgehead atoms. The van der Waals surface area contributed by atoms with Crippen LogP contribution in [0.25, 0.3) is 0 Å². The first kappa shape index (κ1) is 15.7. The molecule has 0 fully saturated rings. The second-order valence-corrected chi connectivity index (χ2v) is 6.81. The number of thiophene rings is 1. The normalized spacial score (nSPS) is 12.6. The second-order valence-electron chi connectivity index (χ2n) is 5.21. The maximum Gasteiger partial charge on any atom is 0.0342 e. The van der Waals surface area contributed by atoms with E-state index in [1.807, 2.05) is 0 Å². The SMILES string of the molecule is CCCNC(CCc1cccc(C)c1)c1cscc1Br. The van der Waals surface area contributed by atoms with Gasteiger partial charge in [0.2, 0.25) is 0 Å². The summed E-state index contributed by atoms with van der Waals surface area (Å²) < 4.78 is 1.24. The summed E-state index contributed by atoms with van der Waals surface area (Å²) in [4.78, 5) is 0. The van der Waals surface area contributed by atoms with E-state index in [2.05, 4.69) is 70.1 Å². The third-order valence-electron chi connectivity index (χ3n) is 3.46. The summed E-state index contributed by atoms with van der Waals surface area (Å²) in [5.74, 6) is 0. The Hall–Kier alpha value is -0.640. The van der Waals surface area contributed by atoms with Crippen LogP contribution >= 0.6 is 27.3 Å². The summed E-state index contributed by atoms with van der Waals surface area (Å²) >= 11 is 5.43. The molecular formula is C17H22BrNS. The van der Waals surface area contributed by atoms with Crippen LogP contribution in [0.15, 0.2) is 39.5 Å². The number of benzene rings is 1. The van der Waals surface area contributed by atoms with Crippen LogP contribution in [-0.2, 0) is 6.42 Å². The van der Waals surface area contributed by atoms with Gasteiger partial charge in [0.05, 0.1) is 0 Å². The lowest BCUT2D eigenvalue weighted by molar-refractivity contribution is 0.499. The fraction of sp³-hybridized carbons (Fsp3) is 0.412. The molecule has 1 aromatic carbocycles. The first-order chi connectivity index (χ1) is 9.70. The maximum atomic E-state index is 3.67. The molecule has 2 aromatic rings. The molecule has 1 nitrogen and oxygen atoms in total. The van der Waals surface area contributed by atoms with Gasteiger partial charge in [-0.25, -0.2) is 0 Å². The Morgan fingerprint density at radius 2 is 2.15 bits per heavy atom. The Morgan fingerprint density at radius 3 is 2.80 bits per heavy atom. The molecule has 0 aliphatic heterocycles. The first-order valence-electron chi connectivity index (χ1n) is 7.21. The molecule has 0 aliphatic rings. The third kappa shape index (κ3) is 4.44. The summed E-state index contributed by atoms with van der Waals surface area (Å²) in [6.45, 7) is 5.44. The molecular weight excluding hydrogens is 330 g/mol. The van der Waals surface area contributed by atoms with Crippen LogP contribution in [0.3, 0.4) is 0 Å². The van der Waals surface area contributed by atoms with E-state index in [4.69, 9.17) is 0 Å². The lowest BCUT2D eigenvalue weighted by Gasteiger charge is -2.18. The molecule has 0 saturated heterocycles. The molecule has 0 spiro atoms. The zero-order valence-electron chi connectivity index (χ0n) is 12.2. The van der Waals surface area contributed by atoms with Crippen molar-refractivity contribution in [3.8, 4) is 0 Å². The Bertz CT molecular complexity index is 535. The largest absolute Gasteiger partial charge is 0.310 e. The van der Waals surface area contributed by atoms with Crippen LogP contribution in [0.1, 0.15) is 42.5 Å². The van der Waals surface area contributed by atoms with Gasteiger partial charge in [-0.15, -0.1) is 0 Å². The maximum absolute atomic E-state index is 3.67. The van der Waals surface area contributed by atoms with Crippen molar-refractivity contribution in [2.24, 2.45) is 0 Å². The van der Waals surface area contributed by atoms with Crippen molar-refractivity contribution in [3.63, 3.8) is 0 Å². The minimum atomic E-state index is 0.441. The summed E-state index contributed by atoms with van der Waals surface area (Å²) in [7, 11) is 0. The highest BCUT2D eigenvalue weighted by Crippen LogP contribution is 2.30. The Morgan fingerprint density at radius 1 is 1.30 bits per heavy atom. The van der Waals surface area contributed by atoms with Crippen molar-refractivity contribution in [1.29, 1.82) is 0 Å². The fourth-order valence-corrected chi connectivity index (χ4v) is 4.03. The highest BCUT2D eigenvalue weighted by Gasteiger charge is 2.14. The topological polar surface area (TPSA) is 12.0 Å². The van der Waals surface area contributed by atoms with Gasteiger partial charge in [-0.1, -0.05) is 36.8 Å².